The molecule has 28 N–H and O–H groups in total. The van der Waals surface area contributed by atoms with E-state index < -0.39 is 353 Å². The summed E-state index contributed by atoms with van der Waals surface area (Å²) in [4.78, 5) is 370. The second kappa shape index (κ2) is 59.7. The number of thioether (sulfide) groups is 2. The lowest BCUT2D eigenvalue weighted by Crippen LogP contribution is -2.63. The molecule has 0 aromatic carbocycles. The lowest BCUT2D eigenvalue weighted by atomic mass is 9.94. The highest BCUT2D eigenvalue weighted by Crippen LogP contribution is 2.25. The summed E-state index contributed by atoms with van der Waals surface area (Å²) in [6.45, 7) is 19.9. The molecular weight excluding hydrogens is 2010 g/mol. The Hall–Kier alpha value is -15.2. The number of imidazole rings is 3. The zero-order valence-corrected chi connectivity index (χ0v) is 87.2. The average Bonchev–Trinajstić information content (AvgIpc) is 1.61. The summed E-state index contributed by atoms with van der Waals surface area (Å²) in [7, 11) is 0. The van der Waals surface area contributed by atoms with Crippen molar-refractivity contribution in [3.63, 3.8) is 0 Å². The summed E-state index contributed by atoms with van der Waals surface area (Å²) >= 11 is 1.16. The van der Waals surface area contributed by atoms with Gasteiger partial charge in [-0.2, -0.15) is 23.5 Å². The van der Waals surface area contributed by atoms with Crippen molar-refractivity contribution in [2.24, 2.45) is 29.4 Å². The summed E-state index contributed by atoms with van der Waals surface area (Å²) in [5, 5.41) is 83.4. The molecule has 2 bridgehead atoms. The Balaban J connectivity index is 1.65. The molecule has 3 aliphatic rings. The number of allylic oxidation sites excluding steroid dienone is 3. The minimum atomic E-state index is -2.45. The van der Waals surface area contributed by atoms with Gasteiger partial charge in [0.1, 0.15) is 114 Å². The van der Waals surface area contributed by atoms with Crippen molar-refractivity contribution in [1.82, 2.24) is 136 Å². The number of aromatic amines is 3. The molecule has 3 aliphatic heterocycles. The monoisotopic (exact) mass is 2140 g/mol. The van der Waals surface area contributed by atoms with Gasteiger partial charge in [-0.3, -0.25) is 115 Å². The quantitative estimate of drug-likeness (QED) is 0.0218. The second-order valence-electron chi connectivity index (χ2n) is 37.0. The first-order valence-corrected chi connectivity index (χ1v) is 50.7. The van der Waals surface area contributed by atoms with Crippen LogP contribution in [0.2, 0.25) is 0 Å². The van der Waals surface area contributed by atoms with Gasteiger partial charge in [-0.25, -0.2) is 15.0 Å². The number of carboxylic acid groups (broad SMARTS) is 4. The van der Waals surface area contributed by atoms with Crippen molar-refractivity contribution in [1.29, 1.82) is 0 Å². The van der Waals surface area contributed by atoms with Crippen LogP contribution in [0.1, 0.15) is 179 Å². The number of hydrogen-bond acceptors (Lipinski definition) is 30. The van der Waals surface area contributed by atoms with Gasteiger partial charge in [0, 0.05) is 89.9 Å². The van der Waals surface area contributed by atoms with E-state index >= 15 is 43.2 Å². The Labute approximate surface area is 870 Å². The predicted octanol–water partition coefficient (Wildman–Crippen LogP) is -6.35. The lowest BCUT2D eigenvalue weighted by molar-refractivity contribution is -0.143. The molecule has 824 valence electrons. The zero-order chi connectivity index (χ0) is 112. The summed E-state index contributed by atoms with van der Waals surface area (Å²) < 4.78 is 0. The number of nitrogens with two attached hydrogens (primary N) is 1. The summed E-state index contributed by atoms with van der Waals surface area (Å²) in [6.07, 6.45) is 5.94. The smallest absolute Gasteiger partial charge is 0.325 e. The van der Waals surface area contributed by atoms with Crippen LogP contribution in [0.4, 0.5) is 0 Å². The van der Waals surface area contributed by atoms with Gasteiger partial charge in [0.2, 0.25) is 100 Å². The topological polar surface area (TPSA) is 834 Å². The Morgan fingerprint density at radius 2 is 1.05 bits per heavy atom. The molecule has 6 heterocycles. The van der Waals surface area contributed by atoms with Crippen LogP contribution in [0.5, 0.6) is 0 Å². The van der Waals surface area contributed by atoms with E-state index in [1.807, 2.05) is 5.32 Å². The van der Waals surface area contributed by atoms with Crippen LogP contribution < -0.4 is 107 Å². The standard InChI is InChI=1S/C93H137N27O28S2/c1-16-43(10)70-88(142)114-62(84(138)103-46(13)93(147)148)36-149-47(14)72-90(144)112-61(31-68(126)127)82(136)111-60(30-67(124)125)81(135)108-56(23-24-66(122)123)75(129)98-35-65(121)104-58(28-50-33-96-39-100-50)80(134)109-57(26-41(6)7)79(133)113-63(85(139)106-53(18-3)76(130)105-55(20-5)78(132)116-71(44(11)17-2)89(143)117-70)37-150-48(15)73(91(145)115-69(42(8)9)87(141)102-45(12)74(128)118-72)119-83(137)59(29-51-34-97-40-101-51)110-77(131)54(19-4)107-86(140)64-22-21-25-120(64)92(146)52(94)27-49-32-95-38-99-49/h18-20,32-34,38-48,52,56-64,69-73H,16-17,21-31,35-37,94H2,1-15H3,(H,95,99)(H,96,100)(H,97,101)(H,98,129)(H,102,141)(H,103,138)(H,104,121)(H,105,130)(H,106,139)(H,107,140)(H,108,135)(H,109,134)(H,110,131)(H,111,136)(H,112,144)(H,113,133)(H,114,142)(H,115,145)(H,116,132)(H,117,143)(H,118,128)(H,119,137)(H,122,123)(H,124,125)(H,126,127)(H,147,148). The number of carbonyl (C=O) groups is 24. The molecule has 3 aromatic rings. The molecule has 3 fully saturated rings. The van der Waals surface area contributed by atoms with Crippen molar-refractivity contribution in [3.05, 3.63) is 90.0 Å². The maximum Gasteiger partial charge on any atom is 0.325 e. The van der Waals surface area contributed by atoms with Gasteiger partial charge in [-0.15, -0.1) is 0 Å². The zero-order valence-electron chi connectivity index (χ0n) is 85.6. The Morgan fingerprint density at radius 3 is 1.59 bits per heavy atom. The molecule has 20 amide bonds. The Morgan fingerprint density at radius 1 is 0.520 bits per heavy atom. The molecule has 3 aromatic heterocycles. The van der Waals surface area contributed by atoms with Gasteiger partial charge in [-0.05, 0) is 84.0 Å². The van der Waals surface area contributed by atoms with E-state index in [9.17, 15) is 92.3 Å². The predicted molar refractivity (Wildman–Crippen MR) is 535 cm³/mol. The minimum absolute atomic E-state index is 0.0223. The normalized spacial score (nSPS) is 25.7. The number of amides is 20. The molecule has 0 spiro atoms. The number of H-pyrrole nitrogens is 3. The fourth-order valence-corrected chi connectivity index (χ4v) is 17.7. The Kier molecular flexibility index (Phi) is 49.1. The van der Waals surface area contributed by atoms with Gasteiger partial charge < -0.3 is 147 Å². The van der Waals surface area contributed by atoms with E-state index in [1.165, 1.54) is 111 Å². The van der Waals surface area contributed by atoms with Crippen LogP contribution in [-0.4, -0.2) is 335 Å². The van der Waals surface area contributed by atoms with E-state index in [0.29, 0.717) is 35.6 Å². The SMILES string of the molecule is CC=C1NC(=O)C(=CC)NC(=O)C2CSC(C)C(NC(=O)C(Cc3cnc[nH]3)NC(=O)C(=CC)NC(=O)C3CCCN3C(=O)C(N)Cc3cnc[nH]3)C(=O)NC(C(C)C)C(=O)NC(C)C(=O)NC(C(=O)NC(CC(=O)O)C(=O)NC(CC(=O)O)C(=O)NC(CCC(=O)O)C(=O)NCC(=O)NC(Cc3cnc[nH]3)C(=O)NC(CC(C)C)C(=O)N2)C(C)SCC(C(=O)NC(C)C(=O)O)NC(=O)C(C(C)CC)NC(=O)C(C(C)CC)NC1=O. The lowest BCUT2D eigenvalue weighted by Gasteiger charge is -2.32. The van der Waals surface area contributed by atoms with Crippen LogP contribution in [0.3, 0.4) is 0 Å². The van der Waals surface area contributed by atoms with Gasteiger partial charge in [-0.1, -0.05) is 100 Å². The summed E-state index contributed by atoms with van der Waals surface area (Å²) in [6, 6.07) is -31.4. The summed E-state index contributed by atoms with van der Waals surface area (Å²) in [5.41, 5.74) is 5.52. The number of fused-ring (bicyclic) bond motifs is 13. The van der Waals surface area contributed by atoms with Gasteiger partial charge in [0.25, 0.3) is 17.7 Å². The second-order valence-corrected chi connectivity index (χ2v) is 39.8. The van der Waals surface area contributed by atoms with E-state index in [-0.39, 0.29) is 50.0 Å². The molecule has 6 rings (SSSR count). The molecule has 150 heavy (non-hydrogen) atoms. The third kappa shape index (κ3) is 38.2. The van der Waals surface area contributed by atoms with E-state index in [2.05, 4.69) is 126 Å². The molecule has 57 heteroatoms. The third-order valence-electron chi connectivity index (χ3n) is 24.5. The highest BCUT2D eigenvalue weighted by molar-refractivity contribution is 8.00. The molecule has 0 radical (unpaired) electrons. The molecule has 55 nitrogen and oxygen atoms in total. The minimum Gasteiger partial charge on any atom is -0.481 e. The number of likely N-dealkylation sites (tertiary alicyclic amines) is 1. The average molecular weight is 2150 g/mol. The van der Waals surface area contributed by atoms with Gasteiger partial charge >= 0.3 is 23.9 Å². The van der Waals surface area contributed by atoms with Crippen LogP contribution in [0.25, 0.3) is 0 Å². The highest BCUT2D eigenvalue weighted by Gasteiger charge is 2.45. The van der Waals surface area contributed by atoms with E-state index in [0.717, 1.165) is 26.0 Å². The van der Waals surface area contributed by atoms with E-state index in [1.54, 1.807) is 27.7 Å². The largest absolute Gasteiger partial charge is 0.481 e. The maximum atomic E-state index is 15.9. The molecule has 3 saturated heterocycles. The third-order valence-corrected chi connectivity index (χ3v) is 27.2. The molecule has 0 saturated carbocycles. The molecule has 21 atom stereocenters. The maximum absolute atomic E-state index is 15.9. The number of carbonyl (C=O) groups excluding carboxylic acids is 20. The fraction of sp³-hybridized carbons (Fsp3) is 0.581. The highest BCUT2D eigenvalue weighted by atomic mass is 32.2. The fourth-order valence-electron chi connectivity index (χ4n) is 15.5. The first-order valence-electron chi connectivity index (χ1n) is 48.6. The Bertz CT molecular complexity index is 5450. The number of rotatable bonds is 30. The van der Waals surface area contributed by atoms with Crippen molar-refractivity contribution in [2.45, 2.75) is 294 Å². The van der Waals surface area contributed by atoms with E-state index in [4.69, 9.17) is 5.73 Å². The van der Waals surface area contributed by atoms with Crippen LogP contribution in [-0.2, 0) is 134 Å². The number of hydrogen-bond donors (Lipinski definition) is 27. The number of carboxylic acids is 4. The molecule has 21 unspecified atom stereocenters. The number of nitrogens with one attached hydrogen (secondary N) is 22. The number of aromatic nitrogens is 6. The van der Waals surface area contributed by atoms with Crippen molar-refractivity contribution in [3.8, 4) is 0 Å². The van der Waals surface area contributed by atoms with Crippen molar-refractivity contribution >= 4 is 166 Å². The summed E-state index contributed by atoms with van der Waals surface area (Å²) in [5.74, 6) is -36.2. The van der Waals surface area contributed by atoms with Crippen LogP contribution in [0.15, 0.2) is 72.9 Å². The van der Waals surface area contributed by atoms with Crippen LogP contribution >= 0.6 is 23.5 Å². The van der Waals surface area contributed by atoms with Gasteiger partial charge in [0.15, 0.2) is 0 Å². The first-order chi connectivity index (χ1) is 70.7. The molecular formula is C93H137N27O28S2. The van der Waals surface area contributed by atoms with Gasteiger partial charge in [0.05, 0.1) is 44.4 Å². The van der Waals surface area contributed by atoms with Crippen molar-refractivity contribution in [2.75, 3.05) is 24.6 Å². The van der Waals surface area contributed by atoms with Crippen molar-refractivity contribution < 1.29 is 135 Å². The number of aliphatic carboxylic acids is 4. The van der Waals surface area contributed by atoms with Crippen LogP contribution in [0, 0.1) is 23.7 Å². The molecule has 0 aliphatic carbocycles. The first kappa shape index (κ1) is 123. The number of nitrogens with zero attached hydrogens (tertiary/aromatic N) is 4.